The van der Waals surface area contributed by atoms with Gasteiger partial charge in [-0.05, 0) is 6.92 Å². The van der Waals surface area contributed by atoms with Crippen molar-refractivity contribution in [3.63, 3.8) is 0 Å². The lowest BCUT2D eigenvalue weighted by atomic mass is 10.2. The van der Waals surface area contributed by atoms with E-state index in [-0.39, 0.29) is 6.08 Å². The molecule has 0 fully saturated rings. The fraction of sp³-hybridized carbons (Fsp3) is 0.615. The second-order valence-electron chi connectivity index (χ2n) is 4.86. The topological polar surface area (TPSA) is 78.9 Å². The molecule has 0 aliphatic rings. The van der Waals surface area contributed by atoms with Crippen molar-refractivity contribution in [2.75, 3.05) is 13.2 Å². The molecule has 0 radical (unpaired) electrons. The molecule has 0 aromatic heterocycles. The standard InChI is InChI=1S/C13H13F7O6S/c1-3-8(22)26-11(12(16,17)18,9(23)24-6-7(2)21)25-5-4-10(14,15)13(19,20)27/h3,27H,1,4-6H2,2H3. The number of ether oxygens (including phenoxy) is 3. The summed E-state index contributed by atoms with van der Waals surface area (Å²) in [4.78, 5) is 33.6. The molecule has 0 saturated heterocycles. The number of carbonyl (C=O) groups excluding carboxylic acids is 3. The van der Waals surface area contributed by atoms with Gasteiger partial charge in [-0.1, -0.05) is 19.2 Å². The summed E-state index contributed by atoms with van der Waals surface area (Å²) in [6, 6.07) is 0. The average molecular weight is 430 g/mol. The molecule has 156 valence electrons. The van der Waals surface area contributed by atoms with Crippen LogP contribution in [0.5, 0.6) is 0 Å². The van der Waals surface area contributed by atoms with Crippen LogP contribution in [-0.4, -0.2) is 54.1 Å². The van der Waals surface area contributed by atoms with E-state index >= 15 is 0 Å². The van der Waals surface area contributed by atoms with Crippen LogP contribution < -0.4 is 0 Å². The van der Waals surface area contributed by atoms with Gasteiger partial charge >= 0.3 is 35.1 Å². The molecule has 0 N–H and O–H groups in total. The van der Waals surface area contributed by atoms with Gasteiger partial charge in [0.1, 0.15) is 6.61 Å². The molecule has 14 heteroatoms. The monoisotopic (exact) mass is 430 g/mol. The highest BCUT2D eigenvalue weighted by Gasteiger charge is 2.68. The molecule has 1 unspecified atom stereocenters. The Kier molecular flexibility index (Phi) is 8.30. The minimum atomic E-state index is -5.89. The van der Waals surface area contributed by atoms with Crippen LogP contribution in [-0.2, 0) is 28.6 Å². The van der Waals surface area contributed by atoms with Crippen molar-refractivity contribution >= 4 is 30.4 Å². The largest absolute Gasteiger partial charge is 0.468 e. The SMILES string of the molecule is C=CC(=O)OC(OCCC(F)(F)C(F)(F)S)(C(=O)OCC(C)=O)C(F)(F)F. The van der Waals surface area contributed by atoms with Gasteiger partial charge in [0.05, 0.1) is 6.61 Å². The van der Waals surface area contributed by atoms with Gasteiger partial charge < -0.3 is 14.2 Å². The lowest BCUT2D eigenvalue weighted by Crippen LogP contribution is -2.58. The Labute approximate surface area is 153 Å². The molecule has 6 nitrogen and oxygen atoms in total. The summed E-state index contributed by atoms with van der Waals surface area (Å²) >= 11 is 2.32. The van der Waals surface area contributed by atoms with E-state index in [1.54, 1.807) is 0 Å². The van der Waals surface area contributed by atoms with Gasteiger partial charge in [0.2, 0.25) is 0 Å². The number of hydrogen-bond acceptors (Lipinski definition) is 7. The first-order chi connectivity index (χ1) is 12.0. The molecule has 27 heavy (non-hydrogen) atoms. The van der Waals surface area contributed by atoms with E-state index in [1.807, 2.05) is 0 Å². The molecule has 0 rings (SSSR count). The third-order valence-electron chi connectivity index (χ3n) is 2.62. The first-order valence-electron chi connectivity index (χ1n) is 6.71. The van der Waals surface area contributed by atoms with Crippen molar-refractivity contribution < 1.29 is 59.3 Å². The highest BCUT2D eigenvalue weighted by atomic mass is 32.1. The smallest absolute Gasteiger partial charge is 0.453 e. The third kappa shape index (κ3) is 6.68. The van der Waals surface area contributed by atoms with Crippen molar-refractivity contribution in [3.8, 4) is 0 Å². The molecule has 0 aliphatic carbocycles. The Balaban J connectivity index is 5.73. The minimum absolute atomic E-state index is 0.179. The zero-order chi connectivity index (χ0) is 21.7. The van der Waals surface area contributed by atoms with E-state index in [0.717, 1.165) is 6.92 Å². The van der Waals surface area contributed by atoms with Crippen molar-refractivity contribution in [1.29, 1.82) is 0 Å². The quantitative estimate of drug-likeness (QED) is 0.189. The van der Waals surface area contributed by atoms with Gasteiger partial charge in [0, 0.05) is 12.5 Å². The lowest BCUT2D eigenvalue weighted by molar-refractivity contribution is -0.356. The summed E-state index contributed by atoms with van der Waals surface area (Å²) in [7, 11) is 0. The van der Waals surface area contributed by atoms with Gasteiger partial charge in [-0.25, -0.2) is 9.59 Å². The number of ketones is 1. The van der Waals surface area contributed by atoms with Gasteiger partial charge in [-0.15, -0.1) is 0 Å². The summed E-state index contributed by atoms with van der Waals surface area (Å²) in [5.41, 5.74) is 0. The Bertz CT molecular complexity index is 587. The molecule has 0 aromatic rings. The van der Waals surface area contributed by atoms with Crippen LogP contribution in [0.25, 0.3) is 0 Å². The number of Topliss-reactive ketones (excluding diaryl/α,β-unsaturated/α-hetero) is 1. The molecule has 0 saturated carbocycles. The van der Waals surface area contributed by atoms with Crippen molar-refractivity contribution in [3.05, 3.63) is 12.7 Å². The molecular formula is C13H13F7O6S. The van der Waals surface area contributed by atoms with Gasteiger partial charge in [-0.3, -0.25) is 4.79 Å². The van der Waals surface area contributed by atoms with Crippen LogP contribution in [0.3, 0.4) is 0 Å². The van der Waals surface area contributed by atoms with Gasteiger partial charge in [0.15, 0.2) is 5.78 Å². The number of halogens is 7. The molecule has 0 aromatic carbocycles. The number of carbonyl (C=O) groups is 3. The van der Waals surface area contributed by atoms with E-state index in [9.17, 15) is 45.1 Å². The molecule has 0 heterocycles. The molecule has 0 amide bonds. The Morgan fingerprint density at radius 3 is 1.96 bits per heavy atom. The van der Waals surface area contributed by atoms with Gasteiger partial charge in [-0.2, -0.15) is 30.7 Å². The summed E-state index contributed by atoms with van der Waals surface area (Å²) in [5, 5.41) is -4.91. The maximum absolute atomic E-state index is 13.3. The summed E-state index contributed by atoms with van der Waals surface area (Å²) in [6.07, 6.45) is -7.75. The first-order valence-corrected chi connectivity index (χ1v) is 7.15. The fourth-order valence-electron chi connectivity index (χ4n) is 1.30. The van der Waals surface area contributed by atoms with Crippen LogP contribution in [0.15, 0.2) is 12.7 Å². The van der Waals surface area contributed by atoms with Crippen molar-refractivity contribution in [1.82, 2.24) is 0 Å². The maximum atomic E-state index is 13.3. The Morgan fingerprint density at radius 2 is 1.59 bits per heavy atom. The lowest BCUT2D eigenvalue weighted by Gasteiger charge is -2.32. The predicted molar refractivity (Wildman–Crippen MR) is 76.2 cm³/mol. The molecule has 0 spiro atoms. The zero-order valence-electron chi connectivity index (χ0n) is 13.4. The maximum Gasteiger partial charge on any atom is 0.468 e. The highest BCUT2D eigenvalue weighted by molar-refractivity contribution is 7.81. The zero-order valence-corrected chi connectivity index (χ0v) is 14.3. The van der Waals surface area contributed by atoms with Crippen LogP contribution in [0.1, 0.15) is 13.3 Å². The van der Waals surface area contributed by atoms with Crippen molar-refractivity contribution in [2.45, 2.75) is 36.5 Å². The van der Waals surface area contributed by atoms with Crippen LogP contribution in [0, 0.1) is 0 Å². The normalized spacial score (nSPS) is 14.9. The number of hydrogen-bond donors (Lipinski definition) is 1. The summed E-state index contributed by atoms with van der Waals surface area (Å²) < 4.78 is 103. The van der Waals surface area contributed by atoms with E-state index in [0.29, 0.717) is 0 Å². The Morgan fingerprint density at radius 1 is 1.07 bits per heavy atom. The highest BCUT2D eigenvalue weighted by Crippen LogP contribution is 2.41. The van der Waals surface area contributed by atoms with E-state index in [2.05, 4.69) is 33.4 Å². The van der Waals surface area contributed by atoms with E-state index < -0.39 is 60.5 Å². The predicted octanol–water partition coefficient (Wildman–Crippen LogP) is 2.67. The fourth-order valence-corrected chi connectivity index (χ4v) is 1.42. The first kappa shape index (κ1) is 25.2. The third-order valence-corrected chi connectivity index (χ3v) is 2.95. The number of alkyl halides is 7. The number of thiol groups is 1. The average Bonchev–Trinajstić information content (AvgIpc) is 2.48. The molecular weight excluding hydrogens is 417 g/mol. The van der Waals surface area contributed by atoms with E-state index in [4.69, 9.17) is 0 Å². The van der Waals surface area contributed by atoms with Crippen LogP contribution in [0.4, 0.5) is 30.7 Å². The van der Waals surface area contributed by atoms with E-state index in [1.165, 1.54) is 0 Å². The summed E-state index contributed by atoms with van der Waals surface area (Å²) in [6.45, 7) is 0.578. The Hall–Kier alpha value is -1.83. The number of rotatable bonds is 10. The molecule has 1 atom stereocenters. The molecule has 0 aliphatic heterocycles. The van der Waals surface area contributed by atoms with Crippen LogP contribution in [0.2, 0.25) is 0 Å². The number of esters is 2. The summed E-state index contributed by atoms with van der Waals surface area (Å²) in [5.74, 6) is -14.8. The van der Waals surface area contributed by atoms with Gasteiger partial charge in [0.25, 0.3) is 0 Å². The second kappa shape index (κ2) is 8.91. The van der Waals surface area contributed by atoms with Crippen molar-refractivity contribution in [2.24, 2.45) is 0 Å². The van der Waals surface area contributed by atoms with Crippen LogP contribution >= 0.6 is 12.6 Å². The molecule has 0 bridgehead atoms. The minimum Gasteiger partial charge on any atom is -0.453 e. The second-order valence-corrected chi connectivity index (χ2v) is 5.42.